The predicted octanol–water partition coefficient (Wildman–Crippen LogP) is 11.6. The van der Waals surface area contributed by atoms with E-state index in [-0.39, 0.29) is 0 Å². The van der Waals surface area contributed by atoms with E-state index in [9.17, 15) is 0 Å². The maximum Gasteiger partial charge on any atom is 0.0562 e. The minimum Gasteiger partial charge on any atom is -0.309 e. The van der Waals surface area contributed by atoms with Gasteiger partial charge in [0.2, 0.25) is 0 Å². The summed E-state index contributed by atoms with van der Waals surface area (Å²) < 4.78 is 4.78. The van der Waals surface area contributed by atoms with Crippen LogP contribution in [0.3, 0.4) is 0 Å². The van der Waals surface area contributed by atoms with Gasteiger partial charge in [0.25, 0.3) is 0 Å². The lowest BCUT2D eigenvalue weighted by Crippen LogP contribution is -1.99. The number of nitrogens with zero attached hydrogens (tertiary/aromatic N) is 2. The first-order valence-electron chi connectivity index (χ1n) is 15.1. The number of allylic oxidation sites excluding steroid dienone is 10. The highest BCUT2D eigenvalue weighted by Crippen LogP contribution is 2.40. The Labute approximate surface area is 258 Å². The first-order valence-corrected chi connectivity index (χ1v) is 15.1. The summed E-state index contributed by atoms with van der Waals surface area (Å²) in [7, 11) is 0. The van der Waals surface area contributed by atoms with Gasteiger partial charge in [-0.2, -0.15) is 0 Å². The van der Waals surface area contributed by atoms with Gasteiger partial charge >= 0.3 is 0 Å². The molecule has 0 bridgehead atoms. The third-order valence-corrected chi connectivity index (χ3v) is 8.33. The molecule has 0 atom stereocenters. The molecule has 2 aromatic heterocycles. The van der Waals surface area contributed by atoms with Gasteiger partial charge < -0.3 is 9.13 Å². The summed E-state index contributed by atoms with van der Waals surface area (Å²) in [5, 5.41) is 3.64. The van der Waals surface area contributed by atoms with E-state index in [0.717, 1.165) is 40.2 Å². The standard InChI is InChI=1S/C42H34N2/c1-4-16-39-35(5-2)37-28-38-36-23-13-14-24-40(36)44(34-22-15-20-32(27-34)31-18-10-8-11-19-31)42(38)29-41(37)43(39)33-21-12-7-6-9-17-30(3)25-26-33/h4-11,13-29H,2-3,12H2,1H3/b7-6-,16-4-,17-9-,26-25-,33-21+. The molecule has 0 saturated heterocycles. The fourth-order valence-electron chi connectivity index (χ4n) is 6.35. The molecule has 1 aliphatic rings. The van der Waals surface area contributed by atoms with Gasteiger partial charge in [-0.25, -0.2) is 0 Å². The van der Waals surface area contributed by atoms with Crippen molar-refractivity contribution in [3.05, 3.63) is 170 Å². The van der Waals surface area contributed by atoms with Crippen LogP contribution in [-0.4, -0.2) is 9.13 Å². The summed E-state index contributed by atoms with van der Waals surface area (Å²) in [6, 6.07) is 32.9. The fourth-order valence-corrected chi connectivity index (χ4v) is 6.35. The monoisotopic (exact) mass is 566 g/mol. The molecule has 44 heavy (non-hydrogen) atoms. The van der Waals surface area contributed by atoms with E-state index in [1.165, 1.54) is 38.3 Å². The average molecular weight is 567 g/mol. The van der Waals surface area contributed by atoms with Crippen molar-refractivity contribution >= 4 is 50.6 Å². The third kappa shape index (κ3) is 4.71. The number of rotatable bonds is 5. The van der Waals surface area contributed by atoms with E-state index >= 15 is 0 Å². The molecule has 0 N–H and O–H groups in total. The third-order valence-electron chi connectivity index (χ3n) is 8.33. The zero-order chi connectivity index (χ0) is 30.0. The molecule has 0 fully saturated rings. The van der Waals surface area contributed by atoms with E-state index in [4.69, 9.17) is 0 Å². The van der Waals surface area contributed by atoms with Crippen LogP contribution in [-0.2, 0) is 0 Å². The Morgan fingerprint density at radius 2 is 1.48 bits per heavy atom. The van der Waals surface area contributed by atoms with Crippen molar-refractivity contribution in [2.24, 2.45) is 0 Å². The van der Waals surface area contributed by atoms with Crippen LogP contribution in [0.4, 0.5) is 0 Å². The number of aromatic nitrogens is 2. The van der Waals surface area contributed by atoms with E-state index in [1.807, 2.05) is 18.2 Å². The van der Waals surface area contributed by atoms with E-state index < -0.39 is 0 Å². The minimum atomic E-state index is 0.823. The molecule has 0 saturated carbocycles. The van der Waals surface area contributed by atoms with Gasteiger partial charge in [0.15, 0.2) is 0 Å². The van der Waals surface area contributed by atoms with Crippen molar-refractivity contribution in [3.63, 3.8) is 0 Å². The van der Waals surface area contributed by atoms with Crippen LogP contribution in [0.25, 0.3) is 67.4 Å². The van der Waals surface area contributed by atoms with Crippen LogP contribution in [0.2, 0.25) is 0 Å². The summed E-state index contributed by atoms with van der Waals surface area (Å²) in [6.07, 6.45) is 22.0. The molecular formula is C42H34N2. The highest BCUT2D eigenvalue weighted by atomic mass is 15.0. The highest BCUT2D eigenvalue weighted by Gasteiger charge is 2.20. The molecule has 0 aliphatic heterocycles. The zero-order valence-corrected chi connectivity index (χ0v) is 24.9. The Bertz CT molecular complexity index is 2220. The molecule has 212 valence electrons. The Hall–Kier alpha value is -5.60. The van der Waals surface area contributed by atoms with E-state index in [2.05, 4.69) is 163 Å². The molecular weight excluding hydrogens is 532 g/mol. The van der Waals surface area contributed by atoms with Crippen molar-refractivity contribution < 1.29 is 0 Å². The Kier molecular flexibility index (Phi) is 7.17. The summed E-state index contributed by atoms with van der Waals surface area (Å²) in [4.78, 5) is 0. The molecule has 0 radical (unpaired) electrons. The number of hydrogen-bond donors (Lipinski definition) is 0. The van der Waals surface area contributed by atoms with Gasteiger partial charge in [0, 0.05) is 33.1 Å². The maximum atomic E-state index is 4.26. The topological polar surface area (TPSA) is 9.86 Å². The second-order valence-corrected chi connectivity index (χ2v) is 11.1. The lowest BCUT2D eigenvalue weighted by Gasteiger charge is -2.13. The molecule has 0 spiro atoms. The fraction of sp³-hybridized carbons (Fsp3) is 0.0476. The molecule has 2 heteroatoms. The second-order valence-electron chi connectivity index (χ2n) is 11.1. The summed E-state index contributed by atoms with van der Waals surface area (Å²) in [6.45, 7) is 10.6. The molecule has 0 unspecified atom stereocenters. The number of benzene rings is 4. The molecule has 2 nitrogen and oxygen atoms in total. The Balaban J connectivity index is 1.56. The highest BCUT2D eigenvalue weighted by molar-refractivity contribution is 6.15. The molecule has 6 aromatic rings. The van der Waals surface area contributed by atoms with E-state index in [1.54, 1.807) is 0 Å². The number of fused-ring (bicyclic) bond motifs is 4. The molecule has 4 aromatic carbocycles. The molecule has 7 rings (SSSR count). The Morgan fingerprint density at radius 1 is 0.682 bits per heavy atom. The predicted molar refractivity (Wildman–Crippen MR) is 192 cm³/mol. The average Bonchev–Trinajstić information content (AvgIpc) is 3.55. The van der Waals surface area contributed by atoms with Crippen molar-refractivity contribution in [3.8, 4) is 16.8 Å². The zero-order valence-electron chi connectivity index (χ0n) is 24.9. The summed E-state index contributed by atoms with van der Waals surface area (Å²) in [5.74, 6) is 0. The first kappa shape index (κ1) is 27.2. The van der Waals surface area contributed by atoms with Crippen molar-refractivity contribution in [1.29, 1.82) is 0 Å². The molecule has 1 aliphatic carbocycles. The van der Waals surface area contributed by atoms with Crippen molar-refractivity contribution in [2.75, 3.05) is 0 Å². The van der Waals surface area contributed by atoms with Crippen LogP contribution < -0.4 is 0 Å². The van der Waals surface area contributed by atoms with Gasteiger partial charge in [-0.05, 0) is 72.5 Å². The van der Waals surface area contributed by atoms with Gasteiger partial charge in [-0.15, -0.1) is 0 Å². The van der Waals surface area contributed by atoms with Gasteiger partial charge in [0.05, 0.1) is 22.2 Å². The Morgan fingerprint density at radius 3 is 2.32 bits per heavy atom. The van der Waals surface area contributed by atoms with Gasteiger partial charge in [0.1, 0.15) is 0 Å². The van der Waals surface area contributed by atoms with Crippen LogP contribution in [0.5, 0.6) is 0 Å². The largest absolute Gasteiger partial charge is 0.309 e. The smallest absolute Gasteiger partial charge is 0.0562 e. The maximum absolute atomic E-state index is 4.26. The summed E-state index contributed by atoms with van der Waals surface area (Å²) in [5.41, 5.74) is 11.3. The van der Waals surface area contributed by atoms with E-state index in [0.29, 0.717) is 0 Å². The lowest BCUT2D eigenvalue weighted by molar-refractivity contribution is 1.13. The second kappa shape index (κ2) is 11.6. The van der Waals surface area contributed by atoms with Crippen LogP contribution in [0.15, 0.2) is 158 Å². The lowest BCUT2D eigenvalue weighted by atomic mass is 10.1. The SMILES string of the molecule is C=Cc1c(/C=C\C)n(C2=C/C/C=C\C=C/C(=C)/C=C\2)c2cc3c(cc12)c1ccccc1n3-c1cccc(-c2ccccc2)c1. The van der Waals surface area contributed by atoms with Crippen molar-refractivity contribution in [2.45, 2.75) is 13.3 Å². The normalized spacial score (nSPS) is 17.2. The number of para-hydroxylation sites is 1. The van der Waals surface area contributed by atoms with Crippen LogP contribution >= 0.6 is 0 Å². The van der Waals surface area contributed by atoms with Crippen LogP contribution in [0.1, 0.15) is 24.6 Å². The van der Waals surface area contributed by atoms with Gasteiger partial charge in [-0.3, -0.25) is 0 Å². The number of hydrogen-bond acceptors (Lipinski definition) is 0. The van der Waals surface area contributed by atoms with Crippen molar-refractivity contribution in [1.82, 2.24) is 9.13 Å². The minimum absolute atomic E-state index is 0.823. The van der Waals surface area contributed by atoms with Gasteiger partial charge in [-0.1, -0.05) is 122 Å². The first-order chi connectivity index (χ1) is 21.7. The van der Waals surface area contributed by atoms with Crippen LogP contribution in [0, 0.1) is 0 Å². The summed E-state index contributed by atoms with van der Waals surface area (Å²) >= 11 is 0. The molecule has 0 amide bonds. The molecule has 2 heterocycles. The quantitative estimate of drug-likeness (QED) is 0.196.